The molecule has 0 fully saturated rings. The second-order valence-electron chi connectivity index (χ2n) is 5.59. The predicted octanol–water partition coefficient (Wildman–Crippen LogP) is 5.34. The van der Waals surface area contributed by atoms with E-state index in [9.17, 15) is 0 Å². The molecule has 0 aromatic heterocycles. The Kier molecular flexibility index (Phi) is 5.18. The van der Waals surface area contributed by atoms with Crippen molar-refractivity contribution in [2.75, 3.05) is 0 Å². The molecule has 0 N–H and O–H groups in total. The highest BCUT2D eigenvalue weighted by molar-refractivity contribution is 5.56. The third kappa shape index (κ3) is 4.22. The molecule has 1 aromatic carbocycles. The summed E-state index contributed by atoms with van der Waals surface area (Å²) in [6.45, 7) is 13.2. The van der Waals surface area contributed by atoms with Crippen molar-refractivity contribution in [2.45, 2.75) is 26.7 Å². The second-order valence-corrected chi connectivity index (χ2v) is 5.59. The van der Waals surface area contributed by atoms with Gasteiger partial charge in [-0.05, 0) is 47.8 Å². The molecular formula is C20H18N2O. The molecule has 1 aromatic rings. The van der Waals surface area contributed by atoms with Crippen LogP contribution in [0.5, 0.6) is 0 Å². The van der Waals surface area contributed by atoms with Crippen molar-refractivity contribution >= 4 is 6.08 Å². The van der Waals surface area contributed by atoms with Crippen LogP contribution in [0.15, 0.2) is 65.3 Å². The zero-order chi connectivity index (χ0) is 16.8. The van der Waals surface area contributed by atoms with E-state index in [1.807, 2.05) is 18.2 Å². The Morgan fingerprint density at radius 2 is 1.91 bits per heavy atom. The van der Waals surface area contributed by atoms with Gasteiger partial charge < -0.3 is 4.74 Å². The van der Waals surface area contributed by atoms with E-state index in [-0.39, 0.29) is 5.70 Å². The lowest BCUT2D eigenvalue weighted by Crippen LogP contribution is -1.96. The minimum absolute atomic E-state index is 0.0693. The van der Waals surface area contributed by atoms with Gasteiger partial charge in [-0.1, -0.05) is 44.2 Å². The predicted molar refractivity (Wildman–Crippen MR) is 91.7 cm³/mol. The highest BCUT2D eigenvalue weighted by Gasteiger charge is 2.10. The summed E-state index contributed by atoms with van der Waals surface area (Å²) >= 11 is 0. The molecule has 0 unspecified atom stereocenters. The maximum Gasteiger partial charge on any atom is 0.269 e. The standard InChI is InChI=1S/C20H18N2O/c1-14(2)17-8-5-16(6-9-17)7-10-19-12-18(11-15(3)23-19)20(13-21)22-4/h5-12,14H,1-3H3/b10-7+,20-18-. The first-order valence-corrected chi connectivity index (χ1v) is 7.41. The smallest absolute Gasteiger partial charge is 0.269 e. The molecule has 0 aliphatic carbocycles. The highest BCUT2D eigenvalue weighted by atomic mass is 16.5. The molecule has 3 nitrogen and oxygen atoms in total. The van der Waals surface area contributed by atoms with Crippen LogP contribution in [0.2, 0.25) is 0 Å². The van der Waals surface area contributed by atoms with Crippen LogP contribution >= 0.6 is 0 Å². The van der Waals surface area contributed by atoms with Gasteiger partial charge >= 0.3 is 0 Å². The van der Waals surface area contributed by atoms with E-state index in [1.54, 1.807) is 19.1 Å². The molecule has 0 spiro atoms. The third-order valence-electron chi connectivity index (χ3n) is 3.47. The Balaban J connectivity index is 2.24. The minimum atomic E-state index is 0.0693. The largest absolute Gasteiger partial charge is 0.462 e. The molecular weight excluding hydrogens is 284 g/mol. The molecule has 2 rings (SSSR count). The Morgan fingerprint density at radius 1 is 1.22 bits per heavy atom. The van der Waals surface area contributed by atoms with Crippen molar-refractivity contribution in [2.24, 2.45) is 0 Å². The summed E-state index contributed by atoms with van der Waals surface area (Å²) < 4.78 is 5.63. The van der Waals surface area contributed by atoms with Crippen molar-refractivity contribution in [3.05, 3.63) is 87.8 Å². The van der Waals surface area contributed by atoms with Gasteiger partial charge in [0.2, 0.25) is 0 Å². The summed E-state index contributed by atoms with van der Waals surface area (Å²) in [5, 5.41) is 8.99. The lowest BCUT2D eigenvalue weighted by atomic mass is 10.0. The first kappa shape index (κ1) is 16.3. The molecule has 0 atom stereocenters. The van der Waals surface area contributed by atoms with Crippen LogP contribution in [-0.4, -0.2) is 0 Å². The number of nitriles is 1. The van der Waals surface area contributed by atoms with E-state index in [0.717, 1.165) is 5.56 Å². The number of nitrogens with zero attached hydrogens (tertiary/aromatic N) is 2. The van der Waals surface area contributed by atoms with Crippen LogP contribution in [0.1, 0.15) is 37.8 Å². The molecule has 1 aliphatic rings. The Bertz CT molecular complexity index is 776. The molecule has 0 saturated carbocycles. The highest BCUT2D eigenvalue weighted by Crippen LogP contribution is 2.23. The number of rotatable bonds is 3. The van der Waals surface area contributed by atoms with E-state index in [2.05, 4.69) is 43.0 Å². The first-order valence-electron chi connectivity index (χ1n) is 7.41. The Labute approximate surface area is 137 Å². The number of hydrogen-bond acceptors (Lipinski definition) is 2. The maximum atomic E-state index is 8.99. The van der Waals surface area contributed by atoms with Gasteiger partial charge in [0, 0.05) is 0 Å². The average Bonchev–Trinajstić information content (AvgIpc) is 2.54. The monoisotopic (exact) mass is 302 g/mol. The summed E-state index contributed by atoms with van der Waals surface area (Å²) in [5.41, 5.74) is 3.03. The number of ether oxygens (including phenoxy) is 1. The first-order chi connectivity index (χ1) is 11.0. The van der Waals surface area contributed by atoms with E-state index in [1.165, 1.54) is 5.56 Å². The van der Waals surface area contributed by atoms with Gasteiger partial charge in [0.05, 0.1) is 12.6 Å². The van der Waals surface area contributed by atoms with E-state index >= 15 is 0 Å². The number of benzene rings is 1. The van der Waals surface area contributed by atoms with Crippen LogP contribution < -0.4 is 0 Å². The molecule has 1 aliphatic heterocycles. The molecule has 0 amide bonds. The molecule has 0 bridgehead atoms. The van der Waals surface area contributed by atoms with Gasteiger partial charge in [-0.3, -0.25) is 0 Å². The summed E-state index contributed by atoms with van der Waals surface area (Å²) in [7, 11) is 0. The summed E-state index contributed by atoms with van der Waals surface area (Å²) in [5.74, 6) is 1.79. The molecule has 1 heterocycles. The fourth-order valence-corrected chi connectivity index (χ4v) is 2.20. The minimum Gasteiger partial charge on any atom is -0.462 e. The van der Waals surface area contributed by atoms with E-state index in [0.29, 0.717) is 23.0 Å². The number of hydrogen-bond donors (Lipinski definition) is 0. The SMILES string of the molecule is [C-]#[N+]/C(C#N)=C1/C=C(C)OC(/C=C/c2ccc(C(C)C)cc2)=C1. The average molecular weight is 302 g/mol. The van der Waals surface area contributed by atoms with Gasteiger partial charge in [-0.25, -0.2) is 10.1 Å². The Hall–Kier alpha value is -3.04. The van der Waals surface area contributed by atoms with Gasteiger partial charge in [0.25, 0.3) is 5.70 Å². The fourth-order valence-electron chi connectivity index (χ4n) is 2.20. The van der Waals surface area contributed by atoms with Crippen LogP contribution in [0.4, 0.5) is 0 Å². The summed E-state index contributed by atoms with van der Waals surface area (Å²) in [6.07, 6.45) is 7.21. The fraction of sp³-hybridized carbons (Fsp3) is 0.200. The van der Waals surface area contributed by atoms with Crippen molar-refractivity contribution in [1.82, 2.24) is 0 Å². The summed E-state index contributed by atoms with van der Waals surface area (Å²) in [4.78, 5) is 3.24. The van der Waals surface area contributed by atoms with Crippen LogP contribution in [0.3, 0.4) is 0 Å². The maximum absolute atomic E-state index is 8.99. The van der Waals surface area contributed by atoms with Crippen molar-refractivity contribution < 1.29 is 4.74 Å². The molecule has 3 heteroatoms. The zero-order valence-electron chi connectivity index (χ0n) is 13.5. The third-order valence-corrected chi connectivity index (χ3v) is 3.47. The molecule has 0 radical (unpaired) electrons. The van der Waals surface area contributed by atoms with E-state index < -0.39 is 0 Å². The van der Waals surface area contributed by atoms with Crippen LogP contribution in [0, 0.1) is 17.9 Å². The molecule has 23 heavy (non-hydrogen) atoms. The van der Waals surface area contributed by atoms with Crippen LogP contribution in [-0.2, 0) is 4.74 Å². The molecule has 114 valence electrons. The van der Waals surface area contributed by atoms with Crippen molar-refractivity contribution in [3.8, 4) is 6.07 Å². The quantitative estimate of drug-likeness (QED) is 0.558. The summed E-state index contributed by atoms with van der Waals surface area (Å²) in [6, 6.07) is 10.3. The molecule has 0 saturated heterocycles. The lowest BCUT2D eigenvalue weighted by Gasteiger charge is -2.13. The van der Waals surface area contributed by atoms with Gasteiger partial charge in [-0.15, -0.1) is 0 Å². The van der Waals surface area contributed by atoms with Gasteiger partial charge in [-0.2, -0.15) is 0 Å². The van der Waals surface area contributed by atoms with Gasteiger partial charge in [0.15, 0.2) is 0 Å². The second kappa shape index (κ2) is 7.29. The van der Waals surface area contributed by atoms with Gasteiger partial charge in [0.1, 0.15) is 11.5 Å². The van der Waals surface area contributed by atoms with E-state index in [4.69, 9.17) is 16.6 Å². The number of allylic oxidation sites excluding steroid dienone is 6. The topological polar surface area (TPSA) is 37.4 Å². The normalized spacial score (nSPS) is 16.3. The van der Waals surface area contributed by atoms with Crippen molar-refractivity contribution in [3.63, 3.8) is 0 Å². The Morgan fingerprint density at radius 3 is 2.48 bits per heavy atom. The lowest BCUT2D eigenvalue weighted by molar-refractivity contribution is 0.318. The zero-order valence-corrected chi connectivity index (χ0v) is 13.5. The van der Waals surface area contributed by atoms with Crippen molar-refractivity contribution in [1.29, 1.82) is 5.26 Å². The van der Waals surface area contributed by atoms with Crippen LogP contribution in [0.25, 0.3) is 10.9 Å².